The summed E-state index contributed by atoms with van der Waals surface area (Å²) in [6, 6.07) is 5.27. The van der Waals surface area contributed by atoms with E-state index in [1.807, 2.05) is 23.4 Å². The average Bonchev–Trinajstić information content (AvgIpc) is 2.81. The summed E-state index contributed by atoms with van der Waals surface area (Å²) in [5, 5.41) is 7.70. The van der Waals surface area contributed by atoms with E-state index < -0.39 is 11.7 Å². The van der Waals surface area contributed by atoms with Crippen LogP contribution in [0.4, 0.5) is 13.2 Å². The van der Waals surface area contributed by atoms with E-state index in [0.717, 1.165) is 36.6 Å². The van der Waals surface area contributed by atoms with Crippen molar-refractivity contribution in [1.82, 2.24) is 19.7 Å². The number of aromatic nitrogens is 3. The van der Waals surface area contributed by atoms with Crippen molar-refractivity contribution in [3.05, 3.63) is 47.5 Å². The van der Waals surface area contributed by atoms with Crippen molar-refractivity contribution in [2.24, 2.45) is 0 Å². The van der Waals surface area contributed by atoms with Crippen LogP contribution in [0, 0.1) is 6.92 Å². The molecule has 0 radical (unpaired) electrons. The van der Waals surface area contributed by atoms with Gasteiger partial charge in [-0.1, -0.05) is 12.1 Å². The summed E-state index contributed by atoms with van der Waals surface area (Å²) in [5.74, 6) is 0.845. The van der Waals surface area contributed by atoms with Gasteiger partial charge in [0, 0.05) is 19.6 Å². The third kappa shape index (κ3) is 4.29. The Balaban J connectivity index is 1.88. The number of hydrogen-bond donors (Lipinski definition) is 0. The highest BCUT2D eigenvalue weighted by atomic mass is 19.4. The number of nitrogens with zero attached hydrogens (tertiary/aromatic N) is 4. The molecule has 0 unspecified atom stereocenters. The Morgan fingerprint density at radius 3 is 2.38 bits per heavy atom. The zero-order valence-electron chi connectivity index (χ0n) is 11.9. The first-order valence-corrected chi connectivity index (χ1v) is 6.55. The predicted octanol–water partition coefficient (Wildman–Crippen LogP) is 2.74. The van der Waals surface area contributed by atoms with Gasteiger partial charge in [0.15, 0.2) is 0 Å². The maximum Gasteiger partial charge on any atom is 0.416 e. The molecule has 1 aromatic carbocycles. The predicted molar refractivity (Wildman–Crippen MR) is 72.5 cm³/mol. The second kappa shape index (κ2) is 6.26. The topological polar surface area (TPSA) is 34.0 Å². The molecule has 0 N–H and O–H groups in total. The molecule has 0 bridgehead atoms. The van der Waals surface area contributed by atoms with Gasteiger partial charge < -0.3 is 9.47 Å². The second-order valence-corrected chi connectivity index (χ2v) is 5.00. The third-order valence-electron chi connectivity index (χ3n) is 3.27. The molecule has 0 aliphatic carbocycles. The zero-order chi connectivity index (χ0) is 15.5. The molecule has 2 aromatic rings. The highest BCUT2D eigenvalue weighted by molar-refractivity contribution is 5.24. The SMILES string of the molecule is Cc1nncn1CCN(C)Cc1ccc(C(F)(F)F)cc1. The Bertz CT molecular complexity index is 575. The van der Waals surface area contributed by atoms with Gasteiger partial charge in [0.25, 0.3) is 0 Å². The van der Waals surface area contributed by atoms with E-state index in [-0.39, 0.29) is 0 Å². The third-order valence-corrected chi connectivity index (χ3v) is 3.27. The summed E-state index contributed by atoms with van der Waals surface area (Å²) < 4.78 is 39.4. The summed E-state index contributed by atoms with van der Waals surface area (Å²) in [6.45, 7) is 3.98. The van der Waals surface area contributed by atoms with Crippen LogP contribution in [0.25, 0.3) is 0 Å². The minimum absolute atomic E-state index is 0.597. The first-order chi connectivity index (χ1) is 9.86. The second-order valence-electron chi connectivity index (χ2n) is 5.00. The van der Waals surface area contributed by atoms with E-state index in [2.05, 4.69) is 10.2 Å². The Kier molecular flexibility index (Phi) is 4.62. The molecular formula is C14H17F3N4. The molecule has 2 rings (SSSR count). The fraction of sp³-hybridized carbons (Fsp3) is 0.429. The number of hydrogen-bond acceptors (Lipinski definition) is 3. The highest BCUT2D eigenvalue weighted by Gasteiger charge is 2.29. The molecule has 0 saturated carbocycles. The normalized spacial score (nSPS) is 12.1. The van der Waals surface area contributed by atoms with Gasteiger partial charge in [0.05, 0.1) is 5.56 Å². The van der Waals surface area contributed by atoms with Crippen LogP contribution in [0.1, 0.15) is 17.0 Å². The molecule has 0 atom stereocenters. The first-order valence-electron chi connectivity index (χ1n) is 6.55. The molecule has 4 nitrogen and oxygen atoms in total. The molecule has 0 spiro atoms. The largest absolute Gasteiger partial charge is 0.416 e. The monoisotopic (exact) mass is 298 g/mol. The van der Waals surface area contributed by atoms with Crippen molar-refractivity contribution >= 4 is 0 Å². The van der Waals surface area contributed by atoms with Gasteiger partial charge in [-0.2, -0.15) is 13.2 Å². The van der Waals surface area contributed by atoms with E-state index in [4.69, 9.17) is 0 Å². The lowest BCUT2D eigenvalue weighted by Crippen LogP contribution is -2.23. The number of aryl methyl sites for hydroxylation is 1. The van der Waals surface area contributed by atoms with Crippen molar-refractivity contribution in [3.8, 4) is 0 Å². The van der Waals surface area contributed by atoms with Gasteiger partial charge in [-0.05, 0) is 31.7 Å². The van der Waals surface area contributed by atoms with Gasteiger partial charge in [0.1, 0.15) is 12.2 Å². The van der Waals surface area contributed by atoms with E-state index in [1.54, 1.807) is 6.33 Å². The minimum atomic E-state index is -4.28. The van der Waals surface area contributed by atoms with E-state index in [0.29, 0.717) is 6.54 Å². The average molecular weight is 298 g/mol. The van der Waals surface area contributed by atoms with Crippen molar-refractivity contribution < 1.29 is 13.2 Å². The number of benzene rings is 1. The maximum absolute atomic E-state index is 12.5. The van der Waals surface area contributed by atoms with Crippen molar-refractivity contribution in [3.63, 3.8) is 0 Å². The molecule has 0 saturated heterocycles. The minimum Gasteiger partial charge on any atom is -0.317 e. The number of alkyl halides is 3. The van der Waals surface area contributed by atoms with Crippen molar-refractivity contribution in [1.29, 1.82) is 0 Å². The van der Waals surface area contributed by atoms with Crippen LogP contribution in [-0.2, 0) is 19.3 Å². The summed E-state index contributed by atoms with van der Waals surface area (Å²) >= 11 is 0. The molecule has 0 fully saturated rings. The van der Waals surface area contributed by atoms with Crippen LogP contribution in [0.3, 0.4) is 0 Å². The maximum atomic E-state index is 12.5. The van der Waals surface area contributed by atoms with Crippen LogP contribution in [0.2, 0.25) is 0 Å². The molecule has 7 heteroatoms. The quantitative estimate of drug-likeness (QED) is 0.851. The van der Waals surface area contributed by atoms with Gasteiger partial charge in [-0.25, -0.2) is 0 Å². The Labute approximate surface area is 121 Å². The van der Waals surface area contributed by atoms with Crippen LogP contribution >= 0.6 is 0 Å². The zero-order valence-corrected chi connectivity index (χ0v) is 11.9. The van der Waals surface area contributed by atoms with Crippen molar-refractivity contribution in [2.75, 3.05) is 13.6 Å². The van der Waals surface area contributed by atoms with Crippen LogP contribution in [-0.4, -0.2) is 33.3 Å². The lowest BCUT2D eigenvalue weighted by Gasteiger charge is -2.17. The van der Waals surface area contributed by atoms with Gasteiger partial charge in [-0.15, -0.1) is 10.2 Å². The lowest BCUT2D eigenvalue weighted by molar-refractivity contribution is -0.137. The summed E-state index contributed by atoms with van der Waals surface area (Å²) in [4.78, 5) is 2.04. The van der Waals surface area contributed by atoms with Crippen LogP contribution < -0.4 is 0 Å². The first kappa shape index (κ1) is 15.5. The molecule has 0 aliphatic rings. The molecular weight excluding hydrogens is 281 g/mol. The molecule has 0 amide bonds. The van der Waals surface area contributed by atoms with Crippen LogP contribution in [0.5, 0.6) is 0 Å². The molecule has 0 aliphatic heterocycles. The number of rotatable bonds is 5. The van der Waals surface area contributed by atoms with E-state index in [1.165, 1.54) is 12.1 Å². The Hall–Kier alpha value is -1.89. The van der Waals surface area contributed by atoms with Crippen LogP contribution in [0.15, 0.2) is 30.6 Å². The number of halogens is 3. The summed E-state index contributed by atoms with van der Waals surface area (Å²) in [7, 11) is 1.93. The van der Waals surface area contributed by atoms with E-state index >= 15 is 0 Å². The Morgan fingerprint density at radius 1 is 1.19 bits per heavy atom. The molecule has 21 heavy (non-hydrogen) atoms. The fourth-order valence-corrected chi connectivity index (χ4v) is 2.00. The summed E-state index contributed by atoms with van der Waals surface area (Å²) in [6.07, 6.45) is -2.61. The van der Waals surface area contributed by atoms with Gasteiger partial charge >= 0.3 is 6.18 Å². The van der Waals surface area contributed by atoms with Crippen molar-refractivity contribution in [2.45, 2.75) is 26.2 Å². The van der Waals surface area contributed by atoms with Gasteiger partial charge in [0.2, 0.25) is 0 Å². The van der Waals surface area contributed by atoms with Gasteiger partial charge in [-0.3, -0.25) is 0 Å². The standard InChI is InChI=1S/C14H17F3N4/c1-11-19-18-10-21(11)8-7-20(2)9-12-3-5-13(6-4-12)14(15,16)17/h3-6,10H,7-9H2,1-2H3. The highest BCUT2D eigenvalue weighted by Crippen LogP contribution is 2.29. The number of likely N-dealkylation sites (N-methyl/N-ethyl adjacent to an activating group) is 1. The molecule has 114 valence electrons. The fourth-order valence-electron chi connectivity index (χ4n) is 2.00. The lowest BCUT2D eigenvalue weighted by atomic mass is 10.1. The Morgan fingerprint density at radius 2 is 1.86 bits per heavy atom. The van der Waals surface area contributed by atoms with E-state index in [9.17, 15) is 13.2 Å². The smallest absolute Gasteiger partial charge is 0.317 e. The molecule has 1 heterocycles. The molecule has 1 aromatic heterocycles. The summed E-state index contributed by atoms with van der Waals surface area (Å²) in [5.41, 5.74) is 0.236.